The fraction of sp³-hybridized carbons (Fsp3) is 0.562. The average Bonchev–Trinajstić information content (AvgIpc) is 3.29. The van der Waals surface area contributed by atoms with Gasteiger partial charge in [0.05, 0.1) is 25.5 Å². The molecule has 2 aromatic rings. The van der Waals surface area contributed by atoms with E-state index < -0.39 is 0 Å². The molecular weight excluding hydrogens is 358 g/mol. The second kappa shape index (κ2) is 8.68. The molecule has 1 fully saturated rings. The molecule has 0 unspecified atom stereocenters. The van der Waals surface area contributed by atoms with Crippen LogP contribution in [-0.2, 0) is 22.6 Å². The Hall–Kier alpha value is -1.58. The number of carbonyl (C=O) groups is 1. The summed E-state index contributed by atoms with van der Waals surface area (Å²) in [4.78, 5) is 17.5. The van der Waals surface area contributed by atoms with E-state index >= 15 is 0 Å². The minimum absolute atomic E-state index is 0.0944. The van der Waals surface area contributed by atoms with Gasteiger partial charge in [-0.25, -0.2) is 0 Å². The molecule has 0 aromatic carbocycles. The highest BCUT2D eigenvalue weighted by Gasteiger charge is 2.20. The van der Waals surface area contributed by atoms with Crippen molar-refractivity contribution in [3.8, 4) is 0 Å². The van der Waals surface area contributed by atoms with Crippen molar-refractivity contribution in [1.82, 2.24) is 19.7 Å². The molecular formula is C16H23N5O2S2. The lowest BCUT2D eigenvalue weighted by molar-refractivity contribution is -0.127. The van der Waals surface area contributed by atoms with Gasteiger partial charge < -0.3 is 14.5 Å². The summed E-state index contributed by atoms with van der Waals surface area (Å²) in [6.07, 6.45) is 0. The van der Waals surface area contributed by atoms with Gasteiger partial charge in [-0.3, -0.25) is 9.36 Å². The van der Waals surface area contributed by atoms with Crippen LogP contribution in [0.25, 0.3) is 0 Å². The van der Waals surface area contributed by atoms with Crippen LogP contribution >= 0.6 is 23.1 Å². The van der Waals surface area contributed by atoms with Crippen LogP contribution in [0.15, 0.2) is 22.7 Å². The van der Waals surface area contributed by atoms with E-state index in [2.05, 4.69) is 26.6 Å². The second-order valence-electron chi connectivity index (χ2n) is 5.74. The average molecular weight is 382 g/mol. The molecule has 0 radical (unpaired) electrons. The van der Waals surface area contributed by atoms with Crippen LogP contribution in [0, 0.1) is 0 Å². The summed E-state index contributed by atoms with van der Waals surface area (Å²) in [6.45, 7) is 6.58. The third-order valence-corrected chi connectivity index (χ3v) is 5.84. The van der Waals surface area contributed by atoms with E-state index in [-0.39, 0.29) is 5.91 Å². The molecule has 0 bridgehead atoms. The standard InChI is InChI=1S/C16H23N5O2S2/c1-3-21-15(20-6-8-23-9-7-20)17-18-16(21)25-12-14(22)19(2)11-13-5-4-10-24-13/h4-5,10H,3,6-9,11-12H2,1-2H3. The lowest BCUT2D eigenvalue weighted by atomic mass is 10.4. The lowest BCUT2D eigenvalue weighted by Crippen LogP contribution is -2.38. The number of thiophene rings is 1. The number of ether oxygens (including phenoxy) is 1. The van der Waals surface area contributed by atoms with E-state index in [9.17, 15) is 4.79 Å². The highest BCUT2D eigenvalue weighted by atomic mass is 32.2. The van der Waals surface area contributed by atoms with E-state index in [1.165, 1.54) is 16.6 Å². The van der Waals surface area contributed by atoms with Crippen molar-refractivity contribution in [3.63, 3.8) is 0 Å². The van der Waals surface area contributed by atoms with Gasteiger partial charge in [0, 0.05) is 31.6 Å². The van der Waals surface area contributed by atoms with Gasteiger partial charge in [0.15, 0.2) is 5.16 Å². The van der Waals surface area contributed by atoms with Crippen LogP contribution in [0.5, 0.6) is 0 Å². The predicted molar refractivity (Wildman–Crippen MR) is 100 cm³/mol. The molecule has 3 heterocycles. The Kier molecular flexibility index (Phi) is 6.33. The predicted octanol–water partition coefficient (Wildman–Crippen LogP) is 1.95. The Bertz CT molecular complexity index is 683. The number of aromatic nitrogens is 3. The van der Waals surface area contributed by atoms with E-state index in [4.69, 9.17) is 4.74 Å². The van der Waals surface area contributed by atoms with E-state index in [1.807, 2.05) is 24.6 Å². The van der Waals surface area contributed by atoms with Crippen LogP contribution in [0.3, 0.4) is 0 Å². The molecule has 136 valence electrons. The van der Waals surface area contributed by atoms with Crippen LogP contribution in [-0.4, -0.2) is 64.7 Å². The molecule has 25 heavy (non-hydrogen) atoms. The molecule has 0 N–H and O–H groups in total. The maximum absolute atomic E-state index is 12.4. The Morgan fingerprint density at radius 3 is 2.88 bits per heavy atom. The molecule has 1 aliphatic heterocycles. The smallest absolute Gasteiger partial charge is 0.233 e. The number of amides is 1. The topological polar surface area (TPSA) is 63.5 Å². The molecule has 1 saturated heterocycles. The van der Waals surface area contributed by atoms with Crippen LogP contribution in [0.2, 0.25) is 0 Å². The lowest BCUT2D eigenvalue weighted by Gasteiger charge is -2.27. The first kappa shape index (κ1) is 18.2. The van der Waals surface area contributed by atoms with E-state index in [0.29, 0.717) is 25.5 Å². The van der Waals surface area contributed by atoms with Gasteiger partial charge in [-0.05, 0) is 18.4 Å². The summed E-state index contributed by atoms with van der Waals surface area (Å²) < 4.78 is 7.47. The molecule has 0 aliphatic carbocycles. The third-order valence-electron chi connectivity index (χ3n) is 4.03. The number of anilines is 1. The van der Waals surface area contributed by atoms with Gasteiger partial charge in [-0.15, -0.1) is 21.5 Å². The molecule has 2 aromatic heterocycles. The first-order valence-corrected chi connectivity index (χ1v) is 10.2. The maximum Gasteiger partial charge on any atom is 0.233 e. The Morgan fingerprint density at radius 1 is 1.40 bits per heavy atom. The molecule has 0 spiro atoms. The van der Waals surface area contributed by atoms with Crippen LogP contribution < -0.4 is 4.90 Å². The van der Waals surface area contributed by atoms with Gasteiger partial charge in [0.25, 0.3) is 0 Å². The highest BCUT2D eigenvalue weighted by Crippen LogP contribution is 2.23. The van der Waals surface area contributed by atoms with Crippen molar-refractivity contribution in [2.75, 3.05) is 44.0 Å². The summed E-state index contributed by atoms with van der Waals surface area (Å²) >= 11 is 3.11. The summed E-state index contributed by atoms with van der Waals surface area (Å²) in [5, 5.41) is 11.4. The van der Waals surface area contributed by atoms with Gasteiger partial charge in [0.2, 0.25) is 11.9 Å². The SMILES string of the molecule is CCn1c(SCC(=O)N(C)Cc2cccs2)nnc1N1CCOCC1. The minimum Gasteiger partial charge on any atom is -0.378 e. The number of thioether (sulfide) groups is 1. The second-order valence-corrected chi connectivity index (χ2v) is 7.72. The highest BCUT2D eigenvalue weighted by molar-refractivity contribution is 7.99. The Morgan fingerprint density at radius 2 is 2.20 bits per heavy atom. The first-order valence-electron chi connectivity index (χ1n) is 8.34. The molecule has 0 atom stereocenters. The Balaban J connectivity index is 1.58. The molecule has 1 amide bonds. The van der Waals surface area contributed by atoms with Gasteiger partial charge >= 0.3 is 0 Å². The summed E-state index contributed by atoms with van der Waals surface area (Å²) in [7, 11) is 1.84. The normalized spacial score (nSPS) is 14.7. The fourth-order valence-electron chi connectivity index (χ4n) is 2.62. The number of rotatable bonds is 7. The van der Waals surface area contributed by atoms with Gasteiger partial charge in [-0.1, -0.05) is 17.8 Å². The minimum atomic E-state index is 0.0944. The van der Waals surface area contributed by atoms with Crippen molar-refractivity contribution in [2.24, 2.45) is 0 Å². The largest absolute Gasteiger partial charge is 0.378 e. The summed E-state index contributed by atoms with van der Waals surface area (Å²) in [5.41, 5.74) is 0. The Labute approximate surface area is 156 Å². The number of hydrogen-bond donors (Lipinski definition) is 0. The number of nitrogens with zero attached hydrogens (tertiary/aromatic N) is 5. The van der Waals surface area contributed by atoms with Crippen molar-refractivity contribution in [3.05, 3.63) is 22.4 Å². The number of carbonyl (C=O) groups excluding carboxylic acids is 1. The van der Waals surface area contributed by atoms with Crippen molar-refractivity contribution >= 4 is 35.0 Å². The van der Waals surface area contributed by atoms with Crippen molar-refractivity contribution in [2.45, 2.75) is 25.2 Å². The summed E-state index contributed by atoms with van der Waals surface area (Å²) in [6, 6.07) is 4.05. The van der Waals surface area contributed by atoms with E-state index in [0.717, 1.165) is 30.7 Å². The van der Waals surface area contributed by atoms with Gasteiger partial charge in [-0.2, -0.15) is 0 Å². The fourth-order valence-corrected chi connectivity index (χ4v) is 4.32. The first-order chi connectivity index (χ1) is 12.2. The zero-order valence-corrected chi connectivity index (χ0v) is 16.2. The molecule has 7 nitrogen and oxygen atoms in total. The van der Waals surface area contributed by atoms with Crippen LogP contribution in [0.4, 0.5) is 5.95 Å². The zero-order chi connectivity index (χ0) is 17.6. The van der Waals surface area contributed by atoms with E-state index in [1.54, 1.807) is 16.2 Å². The van der Waals surface area contributed by atoms with Crippen molar-refractivity contribution < 1.29 is 9.53 Å². The quantitative estimate of drug-likeness (QED) is 0.683. The number of morpholine rings is 1. The number of hydrogen-bond acceptors (Lipinski definition) is 7. The molecule has 3 rings (SSSR count). The zero-order valence-electron chi connectivity index (χ0n) is 14.6. The molecule has 1 aliphatic rings. The third kappa shape index (κ3) is 4.53. The van der Waals surface area contributed by atoms with Gasteiger partial charge in [0.1, 0.15) is 0 Å². The molecule has 9 heteroatoms. The summed E-state index contributed by atoms with van der Waals surface area (Å²) in [5.74, 6) is 1.33. The molecule has 0 saturated carbocycles. The van der Waals surface area contributed by atoms with Crippen molar-refractivity contribution in [1.29, 1.82) is 0 Å². The van der Waals surface area contributed by atoms with Crippen LogP contribution in [0.1, 0.15) is 11.8 Å². The maximum atomic E-state index is 12.4. The monoisotopic (exact) mass is 381 g/mol.